The van der Waals surface area contributed by atoms with Crippen LogP contribution in [0.3, 0.4) is 0 Å². The fraction of sp³-hybridized carbons (Fsp3) is 0.294. The molecule has 7 heteroatoms. The molecule has 0 aliphatic carbocycles. The molecule has 2 rings (SSSR count). The molecule has 24 heavy (non-hydrogen) atoms. The maximum Gasteiger partial charge on any atom is 0.344 e. The molecule has 0 fully saturated rings. The molecule has 0 unspecified atom stereocenters. The van der Waals surface area contributed by atoms with E-state index in [1.54, 1.807) is 45.0 Å². The molecule has 1 N–H and O–H groups in total. The summed E-state index contributed by atoms with van der Waals surface area (Å²) in [4.78, 5) is 23.7. The average Bonchev–Trinajstić information content (AvgIpc) is 2.78. The van der Waals surface area contributed by atoms with Gasteiger partial charge in [-0.2, -0.15) is 0 Å². The lowest BCUT2D eigenvalue weighted by atomic mass is 10.2. The van der Waals surface area contributed by atoms with E-state index < -0.39 is 5.97 Å². The van der Waals surface area contributed by atoms with Gasteiger partial charge in [-0.25, -0.2) is 4.79 Å². The van der Waals surface area contributed by atoms with Crippen LogP contribution in [0.15, 0.2) is 33.2 Å². The van der Waals surface area contributed by atoms with Gasteiger partial charge in [0.2, 0.25) is 0 Å². The fourth-order valence-electron chi connectivity index (χ4n) is 2.12. The normalized spacial score (nSPS) is 10.3. The first-order valence-corrected chi connectivity index (χ1v) is 8.17. The molecule has 0 atom stereocenters. The molecule has 6 nitrogen and oxygen atoms in total. The molecule has 0 saturated heterocycles. The number of esters is 1. The predicted molar refractivity (Wildman–Crippen MR) is 92.4 cm³/mol. The molecule has 2 aromatic rings. The highest BCUT2D eigenvalue weighted by atomic mass is 79.9. The Bertz CT molecular complexity index is 753. The highest BCUT2D eigenvalue weighted by Crippen LogP contribution is 2.28. The third-order valence-corrected chi connectivity index (χ3v) is 4.12. The molecular weight excluding hydrogens is 378 g/mol. The first kappa shape index (κ1) is 18.1. The van der Waals surface area contributed by atoms with E-state index in [9.17, 15) is 9.59 Å². The van der Waals surface area contributed by atoms with Gasteiger partial charge in [-0.3, -0.25) is 4.79 Å². The van der Waals surface area contributed by atoms with Gasteiger partial charge in [0.15, 0.2) is 6.61 Å². The second kappa shape index (κ2) is 8.01. The van der Waals surface area contributed by atoms with Crippen LogP contribution in [-0.4, -0.2) is 25.1 Å². The number of carbonyl (C=O) groups excluding carboxylic acids is 2. The summed E-state index contributed by atoms with van der Waals surface area (Å²) in [5.74, 6) is 0.898. The summed E-state index contributed by atoms with van der Waals surface area (Å²) in [6.45, 7) is 5.35. The van der Waals surface area contributed by atoms with Gasteiger partial charge in [0.1, 0.15) is 17.3 Å². The van der Waals surface area contributed by atoms with E-state index in [0.29, 0.717) is 39.6 Å². The molecule has 1 aromatic carbocycles. The molecule has 0 aliphatic heterocycles. The number of ether oxygens (including phenoxy) is 2. The van der Waals surface area contributed by atoms with Crippen molar-refractivity contribution in [3.63, 3.8) is 0 Å². The number of hydrogen-bond acceptors (Lipinski definition) is 5. The Hall–Kier alpha value is -2.28. The monoisotopic (exact) mass is 395 g/mol. The zero-order chi connectivity index (χ0) is 17.7. The summed E-state index contributed by atoms with van der Waals surface area (Å²) in [5.41, 5.74) is 0.997. The number of anilines is 1. The lowest BCUT2D eigenvalue weighted by Crippen LogP contribution is -2.15. The Morgan fingerprint density at radius 2 is 2.00 bits per heavy atom. The van der Waals surface area contributed by atoms with Crippen LogP contribution in [0.2, 0.25) is 0 Å². The van der Waals surface area contributed by atoms with Gasteiger partial charge in [-0.15, -0.1) is 0 Å². The second-order valence-electron chi connectivity index (χ2n) is 4.98. The van der Waals surface area contributed by atoms with Crippen LogP contribution in [0.4, 0.5) is 5.69 Å². The van der Waals surface area contributed by atoms with Crippen molar-refractivity contribution in [1.29, 1.82) is 0 Å². The lowest BCUT2D eigenvalue weighted by molar-refractivity contribution is -0.145. The Labute approximate surface area is 148 Å². The summed E-state index contributed by atoms with van der Waals surface area (Å²) in [6, 6.07) is 6.77. The maximum absolute atomic E-state index is 12.4. The van der Waals surface area contributed by atoms with E-state index in [-0.39, 0.29) is 12.5 Å². The Balaban J connectivity index is 2.06. The van der Waals surface area contributed by atoms with Crippen molar-refractivity contribution >= 4 is 33.5 Å². The number of nitrogens with one attached hydrogen (secondary N) is 1. The molecular formula is C17H18BrNO5. The van der Waals surface area contributed by atoms with Crippen molar-refractivity contribution in [3.05, 3.63) is 45.8 Å². The van der Waals surface area contributed by atoms with Gasteiger partial charge in [0.25, 0.3) is 5.91 Å². The number of hydrogen-bond donors (Lipinski definition) is 1. The van der Waals surface area contributed by atoms with Crippen molar-refractivity contribution < 1.29 is 23.5 Å². The van der Waals surface area contributed by atoms with Gasteiger partial charge in [0, 0.05) is 11.8 Å². The quantitative estimate of drug-likeness (QED) is 0.751. The lowest BCUT2D eigenvalue weighted by Gasteiger charge is -2.09. The summed E-state index contributed by atoms with van der Waals surface area (Å²) in [7, 11) is 0. The van der Waals surface area contributed by atoms with Crippen LogP contribution in [0.25, 0.3) is 0 Å². The van der Waals surface area contributed by atoms with Crippen LogP contribution in [0, 0.1) is 13.8 Å². The van der Waals surface area contributed by atoms with Crippen molar-refractivity contribution in [1.82, 2.24) is 0 Å². The number of amides is 1. The number of rotatable bonds is 6. The minimum Gasteiger partial charge on any atom is -0.482 e. The summed E-state index contributed by atoms with van der Waals surface area (Å²) in [6.07, 6.45) is 0. The zero-order valence-corrected chi connectivity index (χ0v) is 15.2. The molecule has 1 aromatic heterocycles. The highest BCUT2D eigenvalue weighted by Gasteiger charge is 2.20. The van der Waals surface area contributed by atoms with Crippen LogP contribution in [-0.2, 0) is 9.53 Å². The van der Waals surface area contributed by atoms with E-state index in [0.717, 1.165) is 0 Å². The minimum absolute atomic E-state index is 0.184. The van der Waals surface area contributed by atoms with Crippen molar-refractivity contribution in [3.8, 4) is 5.75 Å². The number of furan rings is 1. The van der Waals surface area contributed by atoms with Crippen molar-refractivity contribution in [2.75, 3.05) is 18.5 Å². The third-order valence-electron chi connectivity index (χ3n) is 3.17. The smallest absolute Gasteiger partial charge is 0.344 e. The molecule has 0 aliphatic rings. The molecule has 0 bridgehead atoms. The zero-order valence-electron chi connectivity index (χ0n) is 13.6. The molecule has 0 radical (unpaired) electrons. The Morgan fingerprint density at radius 3 is 2.62 bits per heavy atom. The molecule has 1 heterocycles. The third kappa shape index (κ3) is 4.38. The van der Waals surface area contributed by atoms with Crippen LogP contribution >= 0.6 is 15.9 Å². The van der Waals surface area contributed by atoms with Gasteiger partial charge in [-0.05, 0) is 48.8 Å². The van der Waals surface area contributed by atoms with Gasteiger partial charge in [0.05, 0.1) is 16.6 Å². The van der Waals surface area contributed by atoms with Gasteiger partial charge < -0.3 is 19.2 Å². The first-order chi connectivity index (χ1) is 11.4. The fourth-order valence-corrected chi connectivity index (χ4v) is 2.66. The van der Waals surface area contributed by atoms with E-state index >= 15 is 0 Å². The largest absolute Gasteiger partial charge is 0.482 e. The Kier molecular flexibility index (Phi) is 6.03. The second-order valence-corrected chi connectivity index (χ2v) is 5.77. The van der Waals surface area contributed by atoms with Crippen molar-refractivity contribution in [2.45, 2.75) is 20.8 Å². The summed E-state index contributed by atoms with van der Waals surface area (Å²) in [5, 5.41) is 2.78. The average molecular weight is 396 g/mol. The highest BCUT2D eigenvalue weighted by molar-refractivity contribution is 9.10. The van der Waals surface area contributed by atoms with E-state index in [1.165, 1.54) is 0 Å². The maximum atomic E-state index is 12.4. The van der Waals surface area contributed by atoms with E-state index in [4.69, 9.17) is 13.9 Å². The molecule has 0 saturated carbocycles. The summed E-state index contributed by atoms with van der Waals surface area (Å²) < 4.78 is 16.2. The number of aryl methyl sites for hydroxylation is 2. The first-order valence-electron chi connectivity index (χ1n) is 7.37. The van der Waals surface area contributed by atoms with Crippen molar-refractivity contribution in [2.24, 2.45) is 0 Å². The molecule has 128 valence electrons. The Morgan fingerprint density at radius 1 is 1.25 bits per heavy atom. The van der Waals surface area contributed by atoms with Crippen LogP contribution in [0.5, 0.6) is 5.75 Å². The van der Waals surface area contributed by atoms with E-state index in [1.807, 2.05) is 0 Å². The van der Waals surface area contributed by atoms with Gasteiger partial charge >= 0.3 is 5.97 Å². The predicted octanol–water partition coefficient (Wildman–Crippen LogP) is 3.85. The van der Waals surface area contributed by atoms with Crippen LogP contribution in [0.1, 0.15) is 28.8 Å². The SMILES string of the molecule is CCOC(=O)COc1cccc(NC(=O)c2c(C)oc(C)c2Br)c1. The number of carbonyl (C=O) groups is 2. The molecule has 0 spiro atoms. The molecule has 1 amide bonds. The van der Waals surface area contributed by atoms with Gasteiger partial charge in [-0.1, -0.05) is 6.07 Å². The van der Waals surface area contributed by atoms with Crippen LogP contribution < -0.4 is 10.1 Å². The number of halogens is 1. The number of benzene rings is 1. The topological polar surface area (TPSA) is 77.8 Å². The summed E-state index contributed by atoms with van der Waals surface area (Å²) >= 11 is 3.35. The standard InChI is InChI=1S/C17H18BrNO5/c1-4-22-14(20)9-23-13-7-5-6-12(8-13)19-17(21)15-10(2)24-11(3)16(15)18/h5-8H,4,9H2,1-3H3,(H,19,21). The minimum atomic E-state index is -0.444. The van der Waals surface area contributed by atoms with E-state index in [2.05, 4.69) is 21.2 Å².